The number of benzene rings is 4. The van der Waals surface area contributed by atoms with Crippen molar-refractivity contribution in [3.8, 4) is 23.0 Å². The number of hydrogen-bond donors (Lipinski definition) is 0. The van der Waals surface area contributed by atoms with Crippen molar-refractivity contribution >= 4 is 25.8 Å². The third-order valence-electron chi connectivity index (χ3n) is 6.72. The Balaban J connectivity index is 1.44. The molecular weight excluding hydrogens is 553 g/mol. The number of carbonyl (C=O) groups is 3. The van der Waals surface area contributed by atoms with Crippen LogP contribution >= 0.6 is 0 Å². The molecule has 2 amide bonds. The smallest absolute Gasteiger partial charge is 0.378 e. The topological polar surface area (TPSA) is 110 Å². The first-order chi connectivity index (χ1) is 20.9. The first kappa shape index (κ1) is 29.2. The van der Waals surface area contributed by atoms with E-state index in [1.807, 2.05) is 24.3 Å². The Morgan fingerprint density at radius 1 is 0.698 bits per heavy atom. The van der Waals surface area contributed by atoms with E-state index in [0.717, 1.165) is 11.1 Å². The number of ether oxygens (including phenoxy) is 4. The van der Waals surface area contributed by atoms with E-state index in [0.29, 0.717) is 16.6 Å². The molecular formula is C32H26BNO9. The molecule has 0 fully saturated rings. The molecule has 0 atom stereocenters. The highest BCUT2D eigenvalue weighted by Gasteiger charge is 2.37. The van der Waals surface area contributed by atoms with Gasteiger partial charge in [0.2, 0.25) is 0 Å². The van der Waals surface area contributed by atoms with E-state index >= 15 is 0 Å². The van der Waals surface area contributed by atoms with Gasteiger partial charge in [-0.05, 0) is 59.2 Å². The van der Waals surface area contributed by atoms with Crippen LogP contribution in [0.5, 0.6) is 23.0 Å². The van der Waals surface area contributed by atoms with Gasteiger partial charge in [0.05, 0.1) is 25.3 Å². The first-order valence-electron chi connectivity index (χ1n) is 13.1. The Morgan fingerprint density at radius 2 is 1.23 bits per heavy atom. The van der Waals surface area contributed by atoms with Crippen LogP contribution in [0.2, 0.25) is 0 Å². The van der Waals surface area contributed by atoms with Gasteiger partial charge in [0.25, 0.3) is 11.8 Å². The van der Waals surface area contributed by atoms with E-state index in [1.54, 1.807) is 62.8 Å². The van der Waals surface area contributed by atoms with Crippen LogP contribution in [0, 0.1) is 0 Å². The molecule has 0 aliphatic carbocycles. The molecule has 10 nitrogen and oxygen atoms in total. The van der Waals surface area contributed by atoms with Crippen molar-refractivity contribution in [3.05, 3.63) is 118 Å². The molecule has 5 rings (SSSR count). The van der Waals surface area contributed by atoms with Crippen LogP contribution in [0.4, 0.5) is 0 Å². The maximum atomic E-state index is 13.0. The lowest BCUT2D eigenvalue weighted by Gasteiger charge is -2.20. The number of fused-ring (bicyclic) bond motifs is 1. The Morgan fingerprint density at radius 3 is 1.74 bits per heavy atom. The third kappa shape index (κ3) is 6.31. The van der Waals surface area contributed by atoms with Crippen LogP contribution in [-0.4, -0.2) is 45.1 Å². The molecule has 0 spiro atoms. The summed E-state index contributed by atoms with van der Waals surface area (Å²) in [6.07, 6.45) is 0. The lowest BCUT2D eigenvalue weighted by atomic mass is 10.1. The van der Waals surface area contributed by atoms with E-state index in [9.17, 15) is 14.4 Å². The summed E-state index contributed by atoms with van der Waals surface area (Å²) in [6, 6.07) is 24.0. The molecule has 216 valence electrons. The van der Waals surface area contributed by atoms with Crippen LogP contribution in [-0.2, 0) is 29.3 Å². The number of methoxy groups -OCH3 is 2. The van der Waals surface area contributed by atoms with Gasteiger partial charge in [0.1, 0.15) is 36.9 Å². The fourth-order valence-electron chi connectivity index (χ4n) is 4.44. The van der Waals surface area contributed by atoms with E-state index in [4.69, 9.17) is 31.8 Å². The summed E-state index contributed by atoms with van der Waals surface area (Å²) in [7, 11) is 8.46. The van der Waals surface area contributed by atoms with Gasteiger partial charge < -0.3 is 23.6 Å². The van der Waals surface area contributed by atoms with Gasteiger partial charge in [0.15, 0.2) is 11.5 Å². The zero-order valence-electron chi connectivity index (χ0n) is 23.4. The number of imide groups is 1. The quantitative estimate of drug-likeness (QED) is 0.172. The van der Waals surface area contributed by atoms with Gasteiger partial charge in [-0.3, -0.25) is 14.4 Å². The number of hydroxylamine groups is 2. The first-order valence-corrected chi connectivity index (χ1v) is 13.1. The molecule has 2 radical (unpaired) electrons. The fraction of sp³-hybridized carbons (Fsp3) is 0.156. The average molecular weight is 579 g/mol. The maximum Gasteiger partial charge on any atom is 0.378 e. The summed E-state index contributed by atoms with van der Waals surface area (Å²) in [4.78, 5) is 44.3. The van der Waals surface area contributed by atoms with Crippen molar-refractivity contribution < 1.29 is 42.8 Å². The summed E-state index contributed by atoms with van der Waals surface area (Å²) < 4.78 is 27.2. The monoisotopic (exact) mass is 579 g/mol. The molecule has 1 heterocycles. The predicted octanol–water partition coefficient (Wildman–Crippen LogP) is 4.83. The second-order valence-electron chi connectivity index (χ2n) is 9.33. The third-order valence-corrected chi connectivity index (χ3v) is 6.72. The normalized spacial score (nSPS) is 12.1. The summed E-state index contributed by atoms with van der Waals surface area (Å²) >= 11 is 0. The molecule has 0 bridgehead atoms. The lowest BCUT2D eigenvalue weighted by Crippen LogP contribution is -2.30. The van der Waals surface area contributed by atoms with Gasteiger partial charge in [-0.1, -0.05) is 42.5 Å². The minimum atomic E-state index is -0.930. The minimum absolute atomic E-state index is 0.0447. The molecule has 11 heteroatoms. The Kier molecular flexibility index (Phi) is 8.92. The SMILES string of the molecule is [B]OC(=O)c1c(CON2C(=O)c3ccccc3C2=O)ccc(OCc2ccc(OC)cc2)c1OCc1ccc(OC)cc1. The van der Waals surface area contributed by atoms with Crippen LogP contribution in [0.1, 0.15) is 47.8 Å². The van der Waals surface area contributed by atoms with E-state index in [-0.39, 0.29) is 53.6 Å². The van der Waals surface area contributed by atoms with Crippen molar-refractivity contribution in [3.63, 3.8) is 0 Å². The van der Waals surface area contributed by atoms with E-state index in [2.05, 4.69) is 4.65 Å². The van der Waals surface area contributed by atoms with Crippen LogP contribution in [0.15, 0.2) is 84.9 Å². The highest BCUT2D eigenvalue weighted by atomic mass is 16.7. The number of rotatable bonds is 12. The minimum Gasteiger partial charge on any atom is -0.540 e. The largest absolute Gasteiger partial charge is 0.540 e. The molecule has 1 aliphatic heterocycles. The molecule has 0 saturated heterocycles. The number of carbonyl (C=O) groups excluding carboxylic acids is 3. The van der Waals surface area contributed by atoms with Crippen LogP contribution < -0.4 is 18.9 Å². The van der Waals surface area contributed by atoms with Crippen molar-refractivity contribution in [1.82, 2.24) is 5.06 Å². The molecule has 0 N–H and O–H groups in total. The summed E-state index contributed by atoms with van der Waals surface area (Å²) in [6.45, 7) is -0.158. The zero-order valence-corrected chi connectivity index (χ0v) is 23.4. The second-order valence-corrected chi connectivity index (χ2v) is 9.33. The standard InChI is InChI=1S/C32H26BNO9/c1-38-23-12-7-20(8-13-23)17-40-27-16-11-22(19-42-34-30(35)25-5-3-4-6-26(25)31(34)36)28(32(37)43-33)29(27)41-18-21-9-14-24(39-2)15-10-21/h3-16H,17-19H2,1-2H3. The number of amides is 2. The Bertz CT molecular complexity index is 1600. The van der Waals surface area contributed by atoms with Crippen molar-refractivity contribution in [2.45, 2.75) is 19.8 Å². The van der Waals surface area contributed by atoms with Crippen molar-refractivity contribution in [1.29, 1.82) is 0 Å². The summed E-state index contributed by atoms with van der Waals surface area (Å²) in [5, 5.41) is 0.661. The average Bonchev–Trinajstić information content (AvgIpc) is 3.30. The summed E-state index contributed by atoms with van der Waals surface area (Å²) in [5.41, 5.74) is 2.22. The second kappa shape index (κ2) is 13.1. The van der Waals surface area contributed by atoms with Gasteiger partial charge in [0, 0.05) is 0 Å². The highest BCUT2D eigenvalue weighted by molar-refractivity contribution is 6.20. The molecule has 43 heavy (non-hydrogen) atoms. The van der Waals surface area contributed by atoms with Crippen LogP contribution in [0.25, 0.3) is 0 Å². The summed E-state index contributed by atoms with van der Waals surface area (Å²) in [5.74, 6) is -0.509. The number of nitrogens with zero attached hydrogens (tertiary/aromatic N) is 1. The molecule has 0 unspecified atom stereocenters. The molecule has 1 aliphatic rings. The van der Waals surface area contributed by atoms with Crippen LogP contribution in [0.3, 0.4) is 0 Å². The van der Waals surface area contributed by atoms with Crippen molar-refractivity contribution in [2.24, 2.45) is 0 Å². The fourth-order valence-corrected chi connectivity index (χ4v) is 4.44. The van der Waals surface area contributed by atoms with Gasteiger partial charge in [-0.15, -0.1) is 5.06 Å². The zero-order chi connectivity index (χ0) is 30.3. The van der Waals surface area contributed by atoms with Crippen molar-refractivity contribution in [2.75, 3.05) is 14.2 Å². The number of hydrogen-bond acceptors (Lipinski definition) is 9. The van der Waals surface area contributed by atoms with Gasteiger partial charge >= 0.3 is 14.0 Å². The van der Waals surface area contributed by atoms with Gasteiger partial charge in [-0.2, -0.15) is 0 Å². The highest BCUT2D eigenvalue weighted by Crippen LogP contribution is 2.37. The molecule has 4 aromatic rings. The maximum absolute atomic E-state index is 13.0. The Labute approximate surface area is 249 Å². The van der Waals surface area contributed by atoms with Gasteiger partial charge in [-0.25, -0.2) is 4.79 Å². The Hall–Kier alpha value is -5.29. The molecule has 0 aromatic heterocycles. The predicted molar refractivity (Wildman–Crippen MR) is 154 cm³/mol. The molecule has 4 aromatic carbocycles. The lowest BCUT2D eigenvalue weighted by molar-refractivity contribution is -0.101. The van der Waals surface area contributed by atoms with E-state index < -0.39 is 17.8 Å². The molecule has 0 saturated carbocycles. The van der Waals surface area contributed by atoms with E-state index in [1.165, 1.54) is 12.1 Å².